The number of aryl methyl sites for hydroxylation is 2. The minimum absolute atomic E-state index is 0.159. The van der Waals surface area contributed by atoms with Crippen molar-refractivity contribution in [2.75, 3.05) is 20.3 Å². The van der Waals surface area contributed by atoms with Crippen molar-refractivity contribution < 1.29 is 13.9 Å². The van der Waals surface area contributed by atoms with Crippen LogP contribution >= 0.6 is 0 Å². The van der Waals surface area contributed by atoms with Crippen LogP contribution in [0.2, 0.25) is 0 Å². The van der Waals surface area contributed by atoms with Gasteiger partial charge >= 0.3 is 0 Å². The van der Waals surface area contributed by atoms with Crippen molar-refractivity contribution in [1.82, 2.24) is 29.5 Å². The fraction of sp³-hybridized carbons (Fsp3) is 0.333. The SMILES string of the molecule is COc1ccc2c3ncc(-c4c(C)nnn4C)cc3n(C(c3ccccc3F)C3CCOCC3)c2n1. The van der Waals surface area contributed by atoms with E-state index < -0.39 is 0 Å². The number of ether oxygens (including phenoxy) is 2. The van der Waals surface area contributed by atoms with Gasteiger partial charge in [-0.3, -0.25) is 4.98 Å². The highest BCUT2D eigenvalue weighted by molar-refractivity contribution is 6.05. The minimum atomic E-state index is -0.294. The average molecular weight is 487 g/mol. The van der Waals surface area contributed by atoms with Gasteiger partial charge in [0.05, 0.1) is 35.6 Å². The summed E-state index contributed by atoms with van der Waals surface area (Å²) in [5.41, 5.74) is 5.64. The first-order valence-electron chi connectivity index (χ1n) is 12.1. The summed E-state index contributed by atoms with van der Waals surface area (Å²) >= 11 is 0. The molecule has 9 heteroatoms. The molecule has 5 aromatic rings. The molecule has 1 saturated heterocycles. The number of aromatic nitrogens is 6. The smallest absolute Gasteiger partial charge is 0.214 e. The summed E-state index contributed by atoms with van der Waals surface area (Å²) in [5.74, 6) is 0.423. The van der Waals surface area contributed by atoms with Crippen LogP contribution < -0.4 is 4.74 Å². The molecule has 1 unspecified atom stereocenters. The Bertz CT molecular complexity index is 1550. The molecule has 36 heavy (non-hydrogen) atoms. The summed E-state index contributed by atoms with van der Waals surface area (Å²) in [6.07, 6.45) is 3.48. The molecule has 1 atom stereocenters. The van der Waals surface area contributed by atoms with E-state index >= 15 is 4.39 Å². The molecule has 1 aliphatic heterocycles. The third-order valence-electron chi connectivity index (χ3n) is 7.15. The lowest BCUT2D eigenvalue weighted by Gasteiger charge is -2.33. The van der Waals surface area contributed by atoms with E-state index in [0.717, 1.165) is 46.2 Å². The zero-order chi connectivity index (χ0) is 24.8. The predicted molar refractivity (Wildman–Crippen MR) is 134 cm³/mol. The largest absolute Gasteiger partial charge is 0.481 e. The Labute approximate surface area is 207 Å². The van der Waals surface area contributed by atoms with E-state index in [1.807, 2.05) is 44.4 Å². The topological polar surface area (TPSA) is 79.9 Å². The molecule has 184 valence electrons. The number of pyridine rings is 2. The zero-order valence-corrected chi connectivity index (χ0v) is 20.5. The lowest BCUT2D eigenvalue weighted by molar-refractivity contribution is 0.0547. The van der Waals surface area contributed by atoms with Gasteiger partial charge in [0, 0.05) is 49.0 Å². The Balaban J connectivity index is 1.69. The van der Waals surface area contributed by atoms with Crippen LogP contribution in [0, 0.1) is 18.7 Å². The fourth-order valence-corrected chi connectivity index (χ4v) is 5.49. The normalized spacial score (nSPS) is 15.6. The number of nitrogens with zero attached hydrogens (tertiary/aromatic N) is 6. The highest BCUT2D eigenvalue weighted by Gasteiger charge is 2.32. The molecule has 1 aromatic carbocycles. The standard InChI is InChI=1S/C27H27FN6O2/c1-16-25(33(2)32-31-16)18-14-22-24(29-15-18)20-8-9-23(35-3)30-27(20)34(22)26(17-10-12-36-13-11-17)19-6-4-5-7-21(19)28/h4-9,14-15,17,26H,10-13H2,1-3H3. The van der Waals surface area contributed by atoms with Crippen LogP contribution in [-0.2, 0) is 11.8 Å². The number of hydrogen-bond donors (Lipinski definition) is 0. The molecule has 0 spiro atoms. The molecule has 0 radical (unpaired) electrons. The van der Waals surface area contributed by atoms with Crippen LogP contribution in [0.3, 0.4) is 0 Å². The van der Waals surface area contributed by atoms with Crippen LogP contribution in [0.5, 0.6) is 5.88 Å². The van der Waals surface area contributed by atoms with Crippen LogP contribution in [0.15, 0.2) is 48.7 Å². The van der Waals surface area contributed by atoms with Gasteiger partial charge in [-0.1, -0.05) is 23.4 Å². The molecule has 0 saturated carbocycles. The Morgan fingerprint density at radius 2 is 1.94 bits per heavy atom. The maximum absolute atomic E-state index is 15.4. The van der Waals surface area contributed by atoms with Crippen molar-refractivity contribution in [1.29, 1.82) is 0 Å². The number of fused-ring (bicyclic) bond motifs is 3. The molecule has 8 nitrogen and oxygen atoms in total. The number of hydrogen-bond acceptors (Lipinski definition) is 6. The van der Waals surface area contributed by atoms with E-state index in [-0.39, 0.29) is 17.8 Å². The first-order chi connectivity index (χ1) is 17.6. The number of halogens is 1. The summed E-state index contributed by atoms with van der Waals surface area (Å²) in [6.45, 7) is 3.22. The van der Waals surface area contributed by atoms with Gasteiger partial charge in [-0.05, 0) is 43.9 Å². The van der Waals surface area contributed by atoms with Crippen molar-refractivity contribution in [2.45, 2.75) is 25.8 Å². The molecular formula is C27H27FN6O2. The third-order valence-corrected chi connectivity index (χ3v) is 7.15. The van der Waals surface area contributed by atoms with Crippen LogP contribution in [0.25, 0.3) is 33.3 Å². The molecule has 0 N–H and O–H groups in total. The first kappa shape index (κ1) is 22.6. The van der Waals surface area contributed by atoms with Crippen LogP contribution in [0.4, 0.5) is 4.39 Å². The summed E-state index contributed by atoms with van der Waals surface area (Å²) in [5, 5.41) is 9.28. The van der Waals surface area contributed by atoms with Crippen molar-refractivity contribution in [3.05, 3.63) is 65.7 Å². The maximum atomic E-state index is 15.4. The van der Waals surface area contributed by atoms with Gasteiger partial charge in [-0.15, -0.1) is 5.10 Å². The van der Waals surface area contributed by atoms with Crippen molar-refractivity contribution in [3.8, 4) is 17.1 Å². The van der Waals surface area contributed by atoms with Gasteiger partial charge in [-0.2, -0.15) is 4.98 Å². The van der Waals surface area contributed by atoms with Crippen molar-refractivity contribution in [3.63, 3.8) is 0 Å². The van der Waals surface area contributed by atoms with E-state index in [1.54, 1.807) is 17.9 Å². The Morgan fingerprint density at radius 1 is 1.14 bits per heavy atom. The van der Waals surface area contributed by atoms with Gasteiger partial charge < -0.3 is 14.0 Å². The second kappa shape index (κ2) is 8.98. The van der Waals surface area contributed by atoms with E-state index in [2.05, 4.69) is 20.9 Å². The molecule has 1 fully saturated rings. The molecule has 0 aliphatic carbocycles. The van der Waals surface area contributed by atoms with Gasteiger partial charge in [0.15, 0.2) is 0 Å². The van der Waals surface area contributed by atoms with Gasteiger partial charge in [-0.25, -0.2) is 9.07 Å². The van der Waals surface area contributed by atoms with Gasteiger partial charge in [0.2, 0.25) is 5.88 Å². The molecule has 0 amide bonds. The molecule has 1 aliphatic rings. The summed E-state index contributed by atoms with van der Waals surface area (Å²) in [7, 11) is 3.47. The van der Waals surface area contributed by atoms with Crippen LogP contribution in [0.1, 0.15) is 30.1 Å². The second-order valence-electron chi connectivity index (χ2n) is 9.25. The Kier molecular flexibility index (Phi) is 5.64. The Morgan fingerprint density at radius 3 is 2.67 bits per heavy atom. The fourth-order valence-electron chi connectivity index (χ4n) is 5.49. The van der Waals surface area contributed by atoms with Gasteiger partial charge in [0.25, 0.3) is 0 Å². The van der Waals surface area contributed by atoms with Crippen molar-refractivity contribution >= 4 is 22.1 Å². The van der Waals surface area contributed by atoms with Crippen molar-refractivity contribution in [2.24, 2.45) is 13.0 Å². The number of methoxy groups -OCH3 is 1. The maximum Gasteiger partial charge on any atom is 0.214 e. The van der Waals surface area contributed by atoms with Gasteiger partial charge in [0.1, 0.15) is 11.5 Å². The monoisotopic (exact) mass is 486 g/mol. The lowest BCUT2D eigenvalue weighted by atomic mass is 9.86. The molecule has 6 rings (SSSR count). The number of benzene rings is 1. The average Bonchev–Trinajstić information content (AvgIpc) is 3.41. The molecular weight excluding hydrogens is 459 g/mol. The minimum Gasteiger partial charge on any atom is -0.481 e. The lowest BCUT2D eigenvalue weighted by Crippen LogP contribution is -2.27. The van der Waals surface area contributed by atoms with Crippen LogP contribution in [-0.4, -0.2) is 49.9 Å². The summed E-state index contributed by atoms with van der Waals surface area (Å²) in [4.78, 5) is 9.72. The van der Waals surface area contributed by atoms with E-state index in [9.17, 15) is 0 Å². The second-order valence-corrected chi connectivity index (χ2v) is 9.25. The highest BCUT2D eigenvalue weighted by Crippen LogP contribution is 2.41. The first-order valence-corrected chi connectivity index (χ1v) is 12.1. The zero-order valence-electron chi connectivity index (χ0n) is 20.5. The summed E-state index contributed by atoms with van der Waals surface area (Å²) < 4.78 is 30.5. The molecule has 4 aromatic heterocycles. The van der Waals surface area contributed by atoms with E-state index in [1.165, 1.54) is 6.07 Å². The molecule has 5 heterocycles. The Hall–Kier alpha value is -3.85. The predicted octanol–water partition coefficient (Wildman–Crippen LogP) is 4.85. The molecule has 0 bridgehead atoms. The summed E-state index contributed by atoms with van der Waals surface area (Å²) in [6, 6.07) is 12.6. The van der Waals surface area contributed by atoms with E-state index in [4.69, 9.17) is 19.4 Å². The van der Waals surface area contributed by atoms with E-state index in [0.29, 0.717) is 30.3 Å². The quantitative estimate of drug-likeness (QED) is 0.353. The number of rotatable bonds is 5. The highest BCUT2D eigenvalue weighted by atomic mass is 19.1. The third kappa shape index (κ3) is 3.62.